The average Bonchev–Trinajstić information content (AvgIpc) is 2.43. The van der Waals surface area contributed by atoms with E-state index in [0.29, 0.717) is 5.69 Å². The van der Waals surface area contributed by atoms with E-state index in [1.54, 1.807) is 30.3 Å². The number of hydrogen-bond acceptors (Lipinski definition) is 4. The summed E-state index contributed by atoms with van der Waals surface area (Å²) in [4.78, 5) is 33.0. The predicted octanol–water partition coefficient (Wildman–Crippen LogP) is -0.630. The number of carbonyl (C=O) groups is 3. The molecule has 0 aliphatic heterocycles. The molecule has 0 radical (unpaired) electrons. The monoisotopic (exact) mass is 281 g/mol. The zero-order valence-electron chi connectivity index (χ0n) is 10.5. The van der Waals surface area contributed by atoms with Gasteiger partial charge in [0.05, 0.1) is 13.1 Å². The Morgan fingerprint density at radius 3 is 2.35 bits per heavy atom. The molecular formula is C12H15N3O5. The summed E-state index contributed by atoms with van der Waals surface area (Å²) in [6, 6.07) is 8.09. The van der Waals surface area contributed by atoms with E-state index in [1.165, 1.54) is 0 Å². The fraction of sp³-hybridized carbons (Fsp3) is 0.250. The Morgan fingerprint density at radius 2 is 1.75 bits per heavy atom. The minimum Gasteiger partial charge on any atom is -0.479 e. The van der Waals surface area contributed by atoms with Gasteiger partial charge < -0.3 is 26.2 Å². The second-order valence-corrected chi connectivity index (χ2v) is 3.83. The van der Waals surface area contributed by atoms with E-state index < -0.39 is 30.6 Å². The van der Waals surface area contributed by atoms with E-state index in [2.05, 4.69) is 16.0 Å². The Bertz CT molecular complexity index is 477. The number of urea groups is 1. The van der Waals surface area contributed by atoms with E-state index in [9.17, 15) is 14.4 Å². The maximum Gasteiger partial charge on any atom is 0.334 e. The van der Waals surface area contributed by atoms with Crippen molar-refractivity contribution in [2.24, 2.45) is 0 Å². The highest BCUT2D eigenvalue weighted by atomic mass is 16.4. The first-order valence-corrected chi connectivity index (χ1v) is 5.76. The smallest absolute Gasteiger partial charge is 0.334 e. The molecule has 8 heteroatoms. The van der Waals surface area contributed by atoms with E-state index in [1.807, 2.05) is 0 Å². The third kappa shape index (κ3) is 5.83. The number of aliphatic hydroxyl groups excluding tert-OH is 1. The van der Waals surface area contributed by atoms with Crippen LogP contribution < -0.4 is 16.0 Å². The first kappa shape index (κ1) is 15.4. The van der Waals surface area contributed by atoms with Gasteiger partial charge in [-0.1, -0.05) is 18.2 Å². The second kappa shape index (κ2) is 7.74. The quantitative estimate of drug-likeness (QED) is 0.474. The van der Waals surface area contributed by atoms with Gasteiger partial charge in [-0.05, 0) is 12.1 Å². The fourth-order valence-electron chi connectivity index (χ4n) is 1.22. The number of aliphatic carboxylic acids is 1. The molecule has 0 heterocycles. The predicted molar refractivity (Wildman–Crippen MR) is 70.1 cm³/mol. The van der Waals surface area contributed by atoms with Gasteiger partial charge in [0, 0.05) is 5.69 Å². The van der Waals surface area contributed by atoms with Gasteiger partial charge >= 0.3 is 12.0 Å². The molecule has 0 bridgehead atoms. The molecule has 1 atom stereocenters. The molecule has 0 saturated carbocycles. The van der Waals surface area contributed by atoms with Crippen LogP contribution in [0.25, 0.3) is 0 Å². The number of benzene rings is 1. The van der Waals surface area contributed by atoms with Crippen LogP contribution in [0.5, 0.6) is 0 Å². The minimum absolute atomic E-state index is 0.328. The van der Waals surface area contributed by atoms with Crippen molar-refractivity contribution in [2.75, 3.05) is 18.4 Å². The number of carbonyl (C=O) groups excluding carboxylic acids is 2. The number of nitrogens with one attached hydrogen (secondary N) is 3. The fourth-order valence-corrected chi connectivity index (χ4v) is 1.22. The molecule has 0 saturated heterocycles. The number of carboxylic acids is 1. The third-order valence-corrected chi connectivity index (χ3v) is 2.22. The summed E-state index contributed by atoms with van der Waals surface area (Å²) < 4.78 is 0. The van der Waals surface area contributed by atoms with Crippen LogP contribution in [-0.2, 0) is 9.59 Å². The SMILES string of the molecule is O=C(CNC(=O)Nc1ccccc1)NCC(O)C(=O)O. The summed E-state index contributed by atoms with van der Waals surface area (Å²) in [5.74, 6) is -2.03. The van der Waals surface area contributed by atoms with Crippen LogP contribution in [0, 0.1) is 0 Å². The first-order valence-electron chi connectivity index (χ1n) is 5.76. The Hall–Kier alpha value is -2.61. The van der Waals surface area contributed by atoms with Gasteiger partial charge in [-0.2, -0.15) is 0 Å². The van der Waals surface area contributed by atoms with Crippen molar-refractivity contribution in [2.45, 2.75) is 6.10 Å². The average molecular weight is 281 g/mol. The zero-order chi connectivity index (χ0) is 15.0. The lowest BCUT2D eigenvalue weighted by molar-refractivity contribution is -0.146. The number of hydrogen-bond donors (Lipinski definition) is 5. The molecular weight excluding hydrogens is 266 g/mol. The number of aliphatic hydroxyl groups is 1. The van der Waals surface area contributed by atoms with Crippen molar-refractivity contribution in [3.05, 3.63) is 30.3 Å². The molecule has 0 fully saturated rings. The van der Waals surface area contributed by atoms with Crippen molar-refractivity contribution >= 4 is 23.6 Å². The van der Waals surface area contributed by atoms with Crippen LogP contribution in [0.1, 0.15) is 0 Å². The van der Waals surface area contributed by atoms with E-state index in [4.69, 9.17) is 10.2 Å². The van der Waals surface area contributed by atoms with E-state index in [0.717, 1.165) is 0 Å². The molecule has 20 heavy (non-hydrogen) atoms. The third-order valence-electron chi connectivity index (χ3n) is 2.22. The maximum atomic E-state index is 11.4. The Morgan fingerprint density at radius 1 is 1.10 bits per heavy atom. The molecule has 108 valence electrons. The maximum absolute atomic E-state index is 11.4. The summed E-state index contributed by atoms with van der Waals surface area (Å²) >= 11 is 0. The molecule has 1 unspecified atom stereocenters. The van der Waals surface area contributed by atoms with Gasteiger partial charge in [0.25, 0.3) is 0 Å². The highest BCUT2D eigenvalue weighted by Gasteiger charge is 2.14. The summed E-state index contributed by atoms with van der Waals surface area (Å²) in [6.45, 7) is -0.749. The number of anilines is 1. The van der Waals surface area contributed by atoms with Gasteiger partial charge in [0.1, 0.15) is 0 Å². The Balaban J connectivity index is 2.24. The van der Waals surface area contributed by atoms with Gasteiger partial charge in [0.15, 0.2) is 6.10 Å². The lowest BCUT2D eigenvalue weighted by Crippen LogP contribution is -2.42. The van der Waals surface area contributed by atoms with E-state index in [-0.39, 0.29) is 6.54 Å². The molecule has 1 aromatic rings. The van der Waals surface area contributed by atoms with E-state index >= 15 is 0 Å². The van der Waals surface area contributed by atoms with Crippen molar-refractivity contribution in [1.82, 2.24) is 10.6 Å². The largest absolute Gasteiger partial charge is 0.479 e. The standard InChI is InChI=1S/C12H15N3O5/c16-9(11(18)19)6-13-10(17)7-14-12(20)15-8-4-2-1-3-5-8/h1-5,9,16H,6-7H2,(H,13,17)(H,18,19)(H2,14,15,20). The Kier molecular flexibility index (Phi) is 5.98. The molecule has 0 aromatic heterocycles. The van der Waals surface area contributed by atoms with Gasteiger partial charge in [-0.3, -0.25) is 4.79 Å². The molecule has 1 rings (SSSR count). The number of para-hydroxylation sites is 1. The summed E-state index contributed by atoms with van der Waals surface area (Å²) in [5, 5.41) is 24.3. The molecule has 8 nitrogen and oxygen atoms in total. The normalized spacial score (nSPS) is 11.2. The molecule has 1 aromatic carbocycles. The molecule has 3 amide bonds. The molecule has 0 aliphatic carbocycles. The van der Waals surface area contributed by atoms with Crippen LogP contribution >= 0.6 is 0 Å². The second-order valence-electron chi connectivity index (χ2n) is 3.83. The highest BCUT2D eigenvalue weighted by molar-refractivity contribution is 5.92. The van der Waals surface area contributed by atoms with Crippen molar-refractivity contribution in [1.29, 1.82) is 0 Å². The number of amides is 3. The van der Waals surface area contributed by atoms with Crippen LogP contribution in [0.4, 0.5) is 10.5 Å². The molecule has 0 spiro atoms. The summed E-state index contributed by atoms with van der Waals surface area (Å²) in [6.07, 6.45) is -1.67. The molecule has 0 aliphatic rings. The summed E-state index contributed by atoms with van der Waals surface area (Å²) in [7, 11) is 0. The van der Waals surface area contributed by atoms with Gasteiger partial charge in [-0.25, -0.2) is 9.59 Å². The lowest BCUT2D eigenvalue weighted by Gasteiger charge is -2.09. The van der Waals surface area contributed by atoms with Crippen LogP contribution in [0.3, 0.4) is 0 Å². The van der Waals surface area contributed by atoms with Gasteiger partial charge in [0.2, 0.25) is 5.91 Å². The van der Waals surface area contributed by atoms with Crippen LogP contribution in [0.15, 0.2) is 30.3 Å². The van der Waals surface area contributed by atoms with Gasteiger partial charge in [-0.15, -0.1) is 0 Å². The van der Waals surface area contributed by atoms with Crippen molar-refractivity contribution < 1.29 is 24.6 Å². The molecule has 5 N–H and O–H groups in total. The van der Waals surface area contributed by atoms with Crippen LogP contribution in [-0.4, -0.2) is 47.3 Å². The number of carboxylic acid groups (broad SMARTS) is 1. The summed E-state index contributed by atoms with van der Waals surface area (Å²) in [5.41, 5.74) is 0.576. The topological polar surface area (TPSA) is 128 Å². The first-order chi connectivity index (χ1) is 9.49. The highest BCUT2D eigenvalue weighted by Crippen LogP contribution is 2.03. The van der Waals surface area contributed by atoms with Crippen LogP contribution in [0.2, 0.25) is 0 Å². The number of rotatable bonds is 6. The minimum atomic E-state index is -1.67. The van der Waals surface area contributed by atoms with Crippen molar-refractivity contribution in [3.63, 3.8) is 0 Å². The zero-order valence-corrected chi connectivity index (χ0v) is 10.5. The lowest BCUT2D eigenvalue weighted by atomic mass is 10.3. The van der Waals surface area contributed by atoms with Crippen molar-refractivity contribution in [3.8, 4) is 0 Å². The Labute approximate surface area is 114 Å².